The first kappa shape index (κ1) is 20.3. The molecule has 0 amide bonds. The summed E-state index contributed by atoms with van der Waals surface area (Å²) in [5.74, 6) is 1.76. The molecule has 2 aromatic carbocycles. The smallest absolute Gasteiger partial charge is 0.144 e. The maximum absolute atomic E-state index is 4.57. The summed E-state index contributed by atoms with van der Waals surface area (Å²) < 4.78 is 6.46. The van der Waals surface area contributed by atoms with E-state index in [9.17, 15) is 0 Å². The van der Waals surface area contributed by atoms with Crippen LogP contribution in [0, 0.1) is 0 Å². The molecular formula is C24H18N6S2. The number of benzene rings is 2. The Bertz CT molecular complexity index is 1170. The minimum Gasteiger partial charge on any atom is -0.310 e. The molecule has 0 atom stereocenters. The molecule has 0 bridgehead atoms. The number of rotatable bonds is 2. The van der Waals surface area contributed by atoms with E-state index in [4.69, 9.17) is 0 Å². The standard InChI is InChI=1S/2C12H9N3S/c2*1-2-4-11-10(3-1)14-12(15-16-11)9-5-7-13-8-6-9/h2*1-8H,(H,14,15). The van der Waals surface area contributed by atoms with Crippen LogP contribution in [0.5, 0.6) is 0 Å². The lowest BCUT2D eigenvalue weighted by Gasteiger charge is -2.16. The van der Waals surface area contributed by atoms with Gasteiger partial charge in [-0.25, -0.2) is 9.98 Å². The average Bonchev–Trinajstić information content (AvgIpc) is 2.89. The summed E-state index contributed by atoms with van der Waals surface area (Å²) in [5, 5.41) is 0. The fraction of sp³-hybridized carbons (Fsp3) is 0. The highest BCUT2D eigenvalue weighted by molar-refractivity contribution is 7.98. The van der Waals surface area contributed by atoms with Gasteiger partial charge in [0.15, 0.2) is 0 Å². The molecule has 0 saturated heterocycles. The maximum Gasteiger partial charge on any atom is 0.144 e. The molecule has 156 valence electrons. The Morgan fingerprint density at radius 1 is 0.500 bits per heavy atom. The van der Waals surface area contributed by atoms with Gasteiger partial charge in [-0.2, -0.15) is 0 Å². The Morgan fingerprint density at radius 3 is 1.34 bits per heavy atom. The maximum atomic E-state index is 4.57. The Labute approximate surface area is 194 Å². The van der Waals surface area contributed by atoms with Crippen molar-refractivity contribution in [2.75, 3.05) is 0 Å². The summed E-state index contributed by atoms with van der Waals surface area (Å²) >= 11 is 3.18. The van der Waals surface area contributed by atoms with Crippen molar-refractivity contribution in [1.82, 2.24) is 19.4 Å². The second-order valence-corrected chi connectivity index (χ2v) is 8.43. The van der Waals surface area contributed by atoms with Crippen molar-refractivity contribution in [3.8, 4) is 0 Å². The molecule has 2 aromatic heterocycles. The lowest BCUT2D eigenvalue weighted by atomic mass is 10.2. The Balaban J connectivity index is 0.000000135. The van der Waals surface area contributed by atoms with Gasteiger partial charge in [-0.05, 0) is 72.4 Å². The van der Waals surface area contributed by atoms with E-state index < -0.39 is 0 Å². The SMILES string of the molecule is c1ccc2c(c1)N=C(c1ccncc1)NS2.c1ccc2c(c1)N=C(c1ccncc1)NS2. The third kappa shape index (κ3) is 4.66. The first-order chi connectivity index (χ1) is 15.9. The molecule has 2 N–H and O–H groups in total. The van der Waals surface area contributed by atoms with Crippen molar-refractivity contribution in [2.45, 2.75) is 9.79 Å². The third-order valence-corrected chi connectivity index (χ3v) is 6.34. The number of hydrogen-bond acceptors (Lipinski definition) is 8. The molecular weight excluding hydrogens is 436 g/mol. The molecule has 0 spiro atoms. The van der Waals surface area contributed by atoms with Crippen molar-refractivity contribution in [1.29, 1.82) is 0 Å². The molecule has 0 aliphatic carbocycles. The van der Waals surface area contributed by atoms with Gasteiger partial charge < -0.3 is 9.44 Å². The van der Waals surface area contributed by atoms with E-state index in [1.165, 1.54) is 0 Å². The second kappa shape index (κ2) is 9.67. The molecule has 0 radical (unpaired) electrons. The van der Waals surface area contributed by atoms with Gasteiger partial charge in [0.1, 0.15) is 11.7 Å². The van der Waals surface area contributed by atoms with Gasteiger partial charge in [0.05, 0.1) is 21.2 Å². The molecule has 0 fully saturated rings. The molecule has 6 nitrogen and oxygen atoms in total. The van der Waals surface area contributed by atoms with E-state index in [-0.39, 0.29) is 0 Å². The molecule has 8 heteroatoms. The first-order valence-corrected chi connectivity index (χ1v) is 11.5. The topological polar surface area (TPSA) is 74.6 Å². The molecule has 0 unspecified atom stereocenters. The van der Waals surface area contributed by atoms with Crippen LogP contribution in [0.1, 0.15) is 11.1 Å². The summed E-state index contributed by atoms with van der Waals surface area (Å²) in [4.78, 5) is 19.4. The number of para-hydroxylation sites is 2. The minimum absolute atomic E-state index is 0.881. The highest BCUT2D eigenvalue weighted by atomic mass is 32.2. The Morgan fingerprint density at radius 2 is 0.906 bits per heavy atom. The zero-order valence-electron chi connectivity index (χ0n) is 16.8. The predicted molar refractivity (Wildman–Crippen MR) is 132 cm³/mol. The molecule has 4 heterocycles. The zero-order chi connectivity index (χ0) is 21.6. The van der Waals surface area contributed by atoms with Gasteiger partial charge in [0.2, 0.25) is 0 Å². The average molecular weight is 455 g/mol. The van der Waals surface area contributed by atoms with Crippen LogP contribution in [0.25, 0.3) is 0 Å². The van der Waals surface area contributed by atoms with Gasteiger partial charge in [0, 0.05) is 35.9 Å². The summed E-state index contributed by atoms with van der Waals surface area (Å²) in [7, 11) is 0. The Hall–Kier alpha value is -3.62. The van der Waals surface area contributed by atoms with Crippen molar-refractivity contribution < 1.29 is 0 Å². The van der Waals surface area contributed by atoms with Crippen LogP contribution >= 0.6 is 23.9 Å². The molecule has 2 aliphatic heterocycles. The van der Waals surface area contributed by atoms with Crippen molar-refractivity contribution >= 4 is 46.9 Å². The predicted octanol–water partition coefficient (Wildman–Crippen LogP) is 5.54. The van der Waals surface area contributed by atoms with Crippen molar-refractivity contribution in [3.63, 3.8) is 0 Å². The van der Waals surface area contributed by atoms with E-state index in [1.54, 1.807) is 48.7 Å². The van der Waals surface area contributed by atoms with Crippen LogP contribution in [-0.2, 0) is 0 Å². The number of pyridine rings is 2. The first-order valence-electron chi connectivity index (χ1n) is 9.89. The highest BCUT2D eigenvalue weighted by Crippen LogP contribution is 2.32. The lowest BCUT2D eigenvalue weighted by Crippen LogP contribution is -2.19. The largest absolute Gasteiger partial charge is 0.310 e. The van der Waals surface area contributed by atoms with Crippen LogP contribution in [0.2, 0.25) is 0 Å². The van der Waals surface area contributed by atoms with Crippen molar-refractivity contribution in [3.05, 3.63) is 109 Å². The number of nitrogens with one attached hydrogen (secondary N) is 2. The van der Waals surface area contributed by atoms with E-state index >= 15 is 0 Å². The van der Waals surface area contributed by atoms with Crippen LogP contribution in [-0.4, -0.2) is 21.6 Å². The van der Waals surface area contributed by atoms with E-state index in [0.717, 1.165) is 44.0 Å². The quantitative estimate of drug-likeness (QED) is 0.387. The van der Waals surface area contributed by atoms with Gasteiger partial charge >= 0.3 is 0 Å². The normalized spacial score (nSPS) is 13.6. The van der Waals surface area contributed by atoms with Gasteiger partial charge in [-0.1, -0.05) is 24.3 Å². The third-order valence-electron chi connectivity index (χ3n) is 4.62. The number of amidine groups is 2. The number of aromatic nitrogens is 2. The number of hydrogen-bond donors (Lipinski definition) is 2. The van der Waals surface area contributed by atoms with Gasteiger partial charge in [-0.3, -0.25) is 9.97 Å². The van der Waals surface area contributed by atoms with Crippen LogP contribution < -0.4 is 9.44 Å². The number of aliphatic imine (C=N–C) groups is 2. The molecule has 6 rings (SSSR count). The monoisotopic (exact) mass is 454 g/mol. The van der Waals surface area contributed by atoms with Crippen LogP contribution in [0.3, 0.4) is 0 Å². The fourth-order valence-corrected chi connectivity index (χ4v) is 4.50. The van der Waals surface area contributed by atoms with Crippen LogP contribution in [0.15, 0.2) is 117 Å². The summed E-state index contributed by atoms with van der Waals surface area (Å²) in [6.07, 6.45) is 7.07. The van der Waals surface area contributed by atoms with Crippen molar-refractivity contribution in [2.24, 2.45) is 9.98 Å². The second-order valence-electron chi connectivity index (χ2n) is 6.74. The molecule has 0 saturated carbocycles. The number of fused-ring (bicyclic) bond motifs is 2. The molecule has 32 heavy (non-hydrogen) atoms. The van der Waals surface area contributed by atoms with E-state index in [2.05, 4.69) is 41.5 Å². The summed E-state index contributed by atoms with van der Waals surface area (Å²) in [6.45, 7) is 0. The molecule has 2 aliphatic rings. The van der Waals surface area contributed by atoms with Crippen LogP contribution in [0.4, 0.5) is 11.4 Å². The zero-order valence-corrected chi connectivity index (χ0v) is 18.5. The number of nitrogens with zero attached hydrogens (tertiary/aromatic N) is 4. The minimum atomic E-state index is 0.881. The van der Waals surface area contributed by atoms with Gasteiger partial charge in [-0.15, -0.1) is 0 Å². The fourth-order valence-electron chi connectivity index (χ4n) is 3.03. The van der Waals surface area contributed by atoms with E-state index in [1.807, 2.05) is 60.7 Å². The molecule has 4 aromatic rings. The summed E-state index contributed by atoms with van der Waals surface area (Å²) in [6, 6.07) is 24.0. The van der Waals surface area contributed by atoms with Gasteiger partial charge in [0.25, 0.3) is 0 Å². The van der Waals surface area contributed by atoms with E-state index in [0.29, 0.717) is 0 Å². The lowest BCUT2D eigenvalue weighted by molar-refractivity contribution is 1.26. The Kier molecular flexibility index (Phi) is 6.13. The highest BCUT2D eigenvalue weighted by Gasteiger charge is 2.13. The summed E-state index contributed by atoms with van der Waals surface area (Å²) in [5.41, 5.74) is 4.13.